The van der Waals surface area contributed by atoms with E-state index in [1.807, 2.05) is 0 Å². The fourth-order valence-electron chi connectivity index (χ4n) is 2.57. The third kappa shape index (κ3) is 2.84. The number of likely N-dealkylation sites (N-methyl/N-ethyl adjacent to an activating group) is 2. The van der Waals surface area contributed by atoms with Crippen molar-refractivity contribution < 1.29 is 0 Å². The number of nitrogens with two attached hydrogens (primary N) is 1. The summed E-state index contributed by atoms with van der Waals surface area (Å²) in [4.78, 5) is 10.7. The monoisotopic (exact) mass is 268 g/mol. The largest absolute Gasteiger partial charge is 0.347 e. The Morgan fingerprint density at radius 1 is 1.56 bits per heavy atom. The highest BCUT2D eigenvalue weighted by Crippen LogP contribution is 2.28. The molecule has 2 heterocycles. The summed E-state index contributed by atoms with van der Waals surface area (Å²) in [6.45, 7) is 5.11. The summed E-state index contributed by atoms with van der Waals surface area (Å²) in [6.07, 6.45) is 3.52. The molecule has 1 aromatic heterocycles. The van der Waals surface area contributed by atoms with Crippen LogP contribution in [0.3, 0.4) is 0 Å². The molecule has 0 amide bonds. The number of hydrogen-bond acceptors (Lipinski definition) is 5. The Bertz CT molecular complexity index is 369. The lowest BCUT2D eigenvalue weighted by Gasteiger charge is -2.35. The average Bonchev–Trinajstić information content (AvgIpc) is 2.81. The van der Waals surface area contributed by atoms with Crippen molar-refractivity contribution in [2.75, 3.05) is 32.1 Å². The van der Waals surface area contributed by atoms with Crippen LogP contribution in [-0.4, -0.2) is 43.1 Å². The molecule has 1 saturated heterocycles. The molecule has 0 radical (unpaired) electrons. The SMILES string of the molecule is CCc1nc(N(C)C2CCCN(C)C2)sc1CN. The number of piperidine rings is 1. The Hall–Kier alpha value is -0.650. The van der Waals surface area contributed by atoms with E-state index < -0.39 is 0 Å². The molecule has 0 saturated carbocycles. The molecule has 2 rings (SSSR count). The van der Waals surface area contributed by atoms with Crippen molar-refractivity contribution in [1.82, 2.24) is 9.88 Å². The van der Waals surface area contributed by atoms with E-state index in [1.165, 1.54) is 30.0 Å². The van der Waals surface area contributed by atoms with Gasteiger partial charge >= 0.3 is 0 Å². The smallest absolute Gasteiger partial charge is 0.185 e. The van der Waals surface area contributed by atoms with Crippen molar-refractivity contribution in [2.45, 2.75) is 38.8 Å². The molecule has 1 atom stereocenters. The summed E-state index contributed by atoms with van der Waals surface area (Å²) < 4.78 is 0. The van der Waals surface area contributed by atoms with Crippen LogP contribution >= 0.6 is 11.3 Å². The zero-order valence-electron chi connectivity index (χ0n) is 11.6. The van der Waals surface area contributed by atoms with E-state index in [-0.39, 0.29) is 0 Å². The van der Waals surface area contributed by atoms with Gasteiger partial charge in [-0.25, -0.2) is 4.98 Å². The molecule has 1 unspecified atom stereocenters. The van der Waals surface area contributed by atoms with Crippen LogP contribution < -0.4 is 10.6 Å². The molecule has 18 heavy (non-hydrogen) atoms. The molecule has 0 aromatic carbocycles. The van der Waals surface area contributed by atoms with Crippen LogP contribution in [0, 0.1) is 0 Å². The quantitative estimate of drug-likeness (QED) is 0.903. The zero-order valence-corrected chi connectivity index (χ0v) is 12.5. The van der Waals surface area contributed by atoms with Crippen LogP contribution in [0.25, 0.3) is 0 Å². The van der Waals surface area contributed by atoms with Crippen molar-refractivity contribution in [2.24, 2.45) is 5.73 Å². The van der Waals surface area contributed by atoms with Gasteiger partial charge in [0.15, 0.2) is 5.13 Å². The molecule has 1 aromatic rings. The number of rotatable bonds is 4. The van der Waals surface area contributed by atoms with Crippen molar-refractivity contribution in [1.29, 1.82) is 0 Å². The first-order valence-electron chi connectivity index (χ1n) is 6.75. The van der Waals surface area contributed by atoms with E-state index >= 15 is 0 Å². The summed E-state index contributed by atoms with van der Waals surface area (Å²) in [7, 11) is 4.37. The van der Waals surface area contributed by atoms with Gasteiger partial charge in [0.05, 0.1) is 5.69 Å². The van der Waals surface area contributed by atoms with Crippen molar-refractivity contribution in [3.8, 4) is 0 Å². The summed E-state index contributed by atoms with van der Waals surface area (Å²) in [5.74, 6) is 0. The molecule has 1 fully saturated rings. The second kappa shape index (κ2) is 5.99. The van der Waals surface area contributed by atoms with Crippen molar-refractivity contribution >= 4 is 16.5 Å². The molecule has 4 nitrogen and oxygen atoms in total. The first kappa shape index (κ1) is 13.8. The molecule has 0 bridgehead atoms. The molecule has 2 N–H and O–H groups in total. The summed E-state index contributed by atoms with van der Waals surface area (Å²) >= 11 is 1.76. The predicted octanol–water partition coefficient (Wildman–Crippen LogP) is 1.69. The van der Waals surface area contributed by atoms with E-state index in [1.54, 1.807) is 11.3 Å². The van der Waals surface area contributed by atoms with Crippen molar-refractivity contribution in [3.05, 3.63) is 10.6 Å². The molecule has 1 aliphatic rings. The molecule has 5 heteroatoms. The van der Waals surface area contributed by atoms with Gasteiger partial charge in [0.25, 0.3) is 0 Å². The van der Waals surface area contributed by atoms with Gasteiger partial charge < -0.3 is 15.5 Å². The van der Waals surface area contributed by atoms with E-state index in [9.17, 15) is 0 Å². The lowest BCUT2D eigenvalue weighted by Crippen LogP contribution is -2.45. The first-order valence-corrected chi connectivity index (χ1v) is 7.57. The number of likely N-dealkylation sites (tertiary alicyclic amines) is 1. The van der Waals surface area contributed by atoms with Gasteiger partial charge in [0.2, 0.25) is 0 Å². The molecular formula is C13H24N4S. The number of thiazole rings is 1. The number of aromatic nitrogens is 1. The summed E-state index contributed by atoms with van der Waals surface area (Å²) in [6, 6.07) is 0.588. The number of anilines is 1. The lowest BCUT2D eigenvalue weighted by molar-refractivity contribution is 0.248. The van der Waals surface area contributed by atoms with E-state index in [0.717, 1.165) is 18.1 Å². The Balaban J connectivity index is 2.12. The maximum atomic E-state index is 5.78. The molecule has 0 aliphatic carbocycles. The van der Waals surface area contributed by atoms with Crippen LogP contribution in [0.2, 0.25) is 0 Å². The van der Waals surface area contributed by atoms with E-state index in [0.29, 0.717) is 12.6 Å². The highest BCUT2D eigenvalue weighted by atomic mass is 32.1. The van der Waals surface area contributed by atoms with Crippen LogP contribution in [0.1, 0.15) is 30.3 Å². The minimum atomic E-state index is 0.588. The predicted molar refractivity (Wildman–Crippen MR) is 78.3 cm³/mol. The van der Waals surface area contributed by atoms with Crippen molar-refractivity contribution in [3.63, 3.8) is 0 Å². The third-order valence-corrected chi connectivity index (χ3v) is 4.95. The Kier molecular flexibility index (Phi) is 4.59. The number of nitrogens with zero attached hydrogens (tertiary/aromatic N) is 3. The minimum Gasteiger partial charge on any atom is -0.347 e. The van der Waals surface area contributed by atoms with Gasteiger partial charge in [-0.2, -0.15) is 0 Å². The van der Waals surface area contributed by atoms with Gasteiger partial charge in [-0.1, -0.05) is 6.92 Å². The van der Waals surface area contributed by atoms with Gasteiger partial charge in [0.1, 0.15) is 0 Å². The van der Waals surface area contributed by atoms with Crippen LogP contribution in [-0.2, 0) is 13.0 Å². The molecule has 102 valence electrons. The Morgan fingerprint density at radius 2 is 2.33 bits per heavy atom. The number of aryl methyl sites for hydroxylation is 1. The van der Waals surface area contributed by atoms with E-state index in [2.05, 4.69) is 30.8 Å². The minimum absolute atomic E-state index is 0.588. The first-order chi connectivity index (χ1) is 8.65. The third-order valence-electron chi connectivity index (χ3n) is 3.74. The highest BCUT2D eigenvalue weighted by Gasteiger charge is 2.23. The molecular weight excluding hydrogens is 244 g/mol. The van der Waals surface area contributed by atoms with Crippen LogP contribution in [0.4, 0.5) is 5.13 Å². The van der Waals surface area contributed by atoms with Crippen LogP contribution in [0.5, 0.6) is 0 Å². The highest BCUT2D eigenvalue weighted by molar-refractivity contribution is 7.15. The maximum absolute atomic E-state index is 5.78. The second-order valence-electron chi connectivity index (χ2n) is 5.09. The second-order valence-corrected chi connectivity index (χ2v) is 6.16. The van der Waals surface area contributed by atoms with E-state index in [4.69, 9.17) is 10.7 Å². The standard InChI is InChI=1S/C13H24N4S/c1-4-11-12(8-14)18-13(15-11)17(3)10-6-5-7-16(2)9-10/h10H,4-9,14H2,1-3H3. The maximum Gasteiger partial charge on any atom is 0.185 e. The lowest BCUT2D eigenvalue weighted by atomic mass is 10.1. The average molecular weight is 268 g/mol. The number of hydrogen-bond donors (Lipinski definition) is 1. The summed E-state index contributed by atoms with van der Waals surface area (Å²) in [5.41, 5.74) is 6.96. The Labute approximate surface area is 114 Å². The fourth-order valence-corrected chi connectivity index (χ4v) is 3.63. The normalized spacial score (nSPS) is 21.2. The molecule has 1 aliphatic heterocycles. The molecule has 0 spiro atoms. The van der Waals surface area contributed by atoms with Gasteiger partial charge in [0, 0.05) is 31.1 Å². The van der Waals surface area contributed by atoms with Gasteiger partial charge in [-0.05, 0) is 32.9 Å². The Morgan fingerprint density at radius 3 is 2.89 bits per heavy atom. The fraction of sp³-hybridized carbons (Fsp3) is 0.769. The van der Waals surface area contributed by atoms with Crippen LogP contribution in [0.15, 0.2) is 0 Å². The summed E-state index contributed by atoms with van der Waals surface area (Å²) in [5, 5.41) is 1.13. The van der Waals surface area contributed by atoms with Gasteiger partial charge in [-0.15, -0.1) is 11.3 Å². The van der Waals surface area contributed by atoms with Gasteiger partial charge in [-0.3, -0.25) is 0 Å². The zero-order chi connectivity index (χ0) is 13.1. The topological polar surface area (TPSA) is 45.4 Å².